The Hall–Kier alpha value is -1.94. The maximum atomic E-state index is 13.2. The molecule has 3 N–H and O–H groups in total. The van der Waals surface area contributed by atoms with Crippen molar-refractivity contribution in [3.05, 3.63) is 0 Å². The van der Waals surface area contributed by atoms with Gasteiger partial charge in [0, 0.05) is 25.7 Å². The largest absolute Gasteiger partial charge is 0.472 e. The van der Waals surface area contributed by atoms with Crippen LogP contribution in [0.3, 0.4) is 0 Å². The van der Waals surface area contributed by atoms with Crippen LogP contribution in [-0.4, -0.2) is 96.7 Å². The van der Waals surface area contributed by atoms with E-state index in [4.69, 9.17) is 37.0 Å². The second kappa shape index (κ2) is 79.9. The van der Waals surface area contributed by atoms with Crippen molar-refractivity contribution >= 4 is 39.5 Å². The quantitative estimate of drug-likeness (QED) is 0.0222. The highest BCUT2D eigenvalue weighted by molar-refractivity contribution is 7.47. The Morgan fingerprint density at radius 1 is 0.266 bits per heavy atom. The summed E-state index contributed by atoms with van der Waals surface area (Å²) in [4.78, 5) is 73.3. The molecule has 0 aliphatic rings. The summed E-state index contributed by atoms with van der Waals surface area (Å²) in [6.07, 6.45) is 72.4. The van der Waals surface area contributed by atoms with Crippen LogP contribution in [0.4, 0.5) is 0 Å². The van der Waals surface area contributed by atoms with Crippen LogP contribution in [0.5, 0.6) is 0 Å². The normalized spacial score (nSPS) is 14.1. The summed E-state index contributed by atoms with van der Waals surface area (Å²) in [5, 5.41) is 10.7. The summed E-state index contributed by atoms with van der Waals surface area (Å²) >= 11 is 0. The Morgan fingerprint density at radius 2 is 0.468 bits per heavy atom. The van der Waals surface area contributed by atoms with E-state index >= 15 is 0 Å². The number of aliphatic hydroxyl groups is 1. The van der Waals surface area contributed by atoms with E-state index in [0.29, 0.717) is 31.6 Å². The lowest BCUT2D eigenvalue weighted by Crippen LogP contribution is -2.30. The van der Waals surface area contributed by atoms with Crippen LogP contribution in [0, 0.1) is 17.8 Å². The lowest BCUT2D eigenvalue weighted by atomic mass is 9.99. The van der Waals surface area contributed by atoms with Crippen LogP contribution in [0.15, 0.2) is 0 Å². The first-order chi connectivity index (χ1) is 52.8. The van der Waals surface area contributed by atoms with Crippen molar-refractivity contribution in [1.29, 1.82) is 0 Å². The van der Waals surface area contributed by atoms with E-state index in [-0.39, 0.29) is 25.7 Å². The van der Waals surface area contributed by atoms with Crippen molar-refractivity contribution < 1.29 is 80.2 Å². The maximum absolute atomic E-state index is 13.2. The van der Waals surface area contributed by atoms with E-state index in [9.17, 15) is 43.2 Å². The van der Waals surface area contributed by atoms with Crippen LogP contribution in [-0.2, 0) is 65.4 Å². The Kier molecular flexibility index (Phi) is 78.5. The standard InChI is InChI=1S/C90H176O17P2/c1-8-10-11-12-13-14-15-16-17-18-19-20-24-27-33-38-43-50-57-64-71-87(92)100-77-85(106-89(94)73-66-59-51-44-39-34-28-25-22-21-23-26-32-37-42-49-56-63-70-83(7)9-2)79-104-108(96,97)102-75-84(91)76-103-109(98,99)105-80-86(78-101-88(93)72-65-58-53-46-48-55-62-69-82(5)6)107-90(95)74-67-60-52-45-40-35-30-29-31-36-41-47-54-61-68-81(3)4/h81-86,91H,8-80H2,1-7H3,(H,96,97)(H,98,99)/t83?,84-,85-,86-/m1/s1. The molecule has 0 heterocycles. The molecule has 0 aromatic rings. The molecular formula is C90H176O17P2. The number of carbonyl (C=O) groups is 4. The number of esters is 4. The zero-order valence-corrected chi connectivity index (χ0v) is 73.8. The minimum absolute atomic E-state index is 0.107. The Balaban J connectivity index is 5.22. The number of hydrogen-bond donors (Lipinski definition) is 3. The fourth-order valence-corrected chi connectivity index (χ4v) is 15.6. The van der Waals surface area contributed by atoms with Gasteiger partial charge in [0.2, 0.25) is 0 Å². The van der Waals surface area contributed by atoms with Crippen molar-refractivity contribution in [3.8, 4) is 0 Å². The average molecular weight is 1590 g/mol. The highest BCUT2D eigenvalue weighted by atomic mass is 31.2. The zero-order chi connectivity index (χ0) is 80.0. The molecule has 0 saturated heterocycles. The summed E-state index contributed by atoms with van der Waals surface area (Å²) in [7, 11) is -9.93. The molecule has 0 aliphatic heterocycles. The lowest BCUT2D eigenvalue weighted by Gasteiger charge is -2.21. The monoisotopic (exact) mass is 1590 g/mol. The second-order valence-corrected chi connectivity index (χ2v) is 36.4. The van der Waals surface area contributed by atoms with Gasteiger partial charge in [-0.1, -0.05) is 427 Å². The molecule has 0 rings (SSSR count). The molecule has 0 radical (unpaired) electrons. The molecular weight excluding hydrogens is 1410 g/mol. The number of rotatable bonds is 88. The number of unbranched alkanes of at least 4 members (excludes halogenated alkanes) is 55. The summed E-state index contributed by atoms with van der Waals surface area (Å²) < 4.78 is 69.0. The number of aliphatic hydroxyl groups excluding tert-OH is 1. The molecule has 0 spiro atoms. The van der Waals surface area contributed by atoms with E-state index in [1.165, 1.54) is 283 Å². The lowest BCUT2D eigenvalue weighted by molar-refractivity contribution is -0.161. The van der Waals surface area contributed by atoms with Crippen LogP contribution in [0.2, 0.25) is 0 Å². The second-order valence-electron chi connectivity index (χ2n) is 33.5. The smallest absolute Gasteiger partial charge is 0.462 e. The summed E-state index contributed by atoms with van der Waals surface area (Å²) in [6, 6.07) is 0. The van der Waals surface area contributed by atoms with Gasteiger partial charge in [-0.05, 0) is 43.4 Å². The van der Waals surface area contributed by atoms with E-state index in [1.807, 2.05) is 0 Å². The highest BCUT2D eigenvalue weighted by Gasteiger charge is 2.31. The van der Waals surface area contributed by atoms with Crippen LogP contribution < -0.4 is 0 Å². The van der Waals surface area contributed by atoms with Crippen LogP contribution >= 0.6 is 15.6 Å². The van der Waals surface area contributed by atoms with E-state index in [0.717, 1.165) is 108 Å². The minimum atomic E-state index is -4.97. The van der Waals surface area contributed by atoms with Gasteiger partial charge in [-0.2, -0.15) is 0 Å². The molecule has 17 nitrogen and oxygen atoms in total. The highest BCUT2D eigenvalue weighted by Crippen LogP contribution is 2.45. The van der Waals surface area contributed by atoms with Crippen molar-refractivity contribution in [2.75, 3.05) is 39.6 Å². The SMILES string of the molecule is CCCCCCCCCCCCCCCCCCCCCCC(=O)OC[C@H](COP(=O)(O)OC[C@@H](O)COP(=O)(O)OC[C@@H](COC(=O)CCCCCCCCCC(C)C)OC(=O)CCCCCCCCCCCCCCCCC(C)C)OC(=O)CCCCCCCCCCCCCCCCCCCCC(C)CC. The van der Waals surface area contributed by atoms with Gasteiger partial charge < -0.3 is 33.8 Å². The number of ether oxygens (including phenoxy) is 4. The van der Waals surface area contributed by atoms with Crippen molar-refractivity contribution in [2.45, 2.75) is 497 Å². The van der Waals surface area contributed by atoms with Crippen LogP contribution in [0.1, 0.15) is 479 Å². The number of hydrogen-bond acceptors (Lipinski definition) is 15. The van der Waals surface area contributed by atoms with Gasteiger partial charge >= 0.3 is 39.5 Å². The molecule has 19 heteroatoms. The average Bonchev–Trinajstić information content (AvgIpc) is 0.902. The van der Waals surface area contributed by atoms with E-state index in [2.05, 4.69) is 48.5 Å². The summed E-state index contributed by atoms with van der Waals surface area (Å²) in [6.45, 7) is 12.0. The molecule has 0 bridgehead atoms. The van der Waals surface area contributed by atoms with Crippen molar-refractivity contribution in [2.24, 2.45) is 17.8 Å². The molecule has 6 atom stereocenters. The molecule has 109 heavy (non-hydrogen) atoms. The molecule has 0 saturated carbocycles. The molecule has 0 fully saturated rings. The van der Waals surface area contributed by atoms with Crippen molar-refractivity contribution in [1.82, 2.24) is 0 Å². The third-order valence-corrected chi connectivity index (χ3v) is 23.4. The summed E-state index contributed by atoms with van der Waals surface area (Å²) in [5.41, 5.74) is 0. The number of carbonyl (C=O) groups excluding carboxylic acids is 4. The maximum Gasteiger partial charge on any atom is 0.472 e. The van der Waals surface area contributed by atoms with Gasteiger partial charge in [0.05, 0.1) is 26.4 Å². The Morgan fingerprint density at radius 3 is 0.697 bits per heavy atom. The molecule has 0 amide bonds. The third-order valence-electron chi connectivity index (χ3n) is 21.5. The number of phosphoric acid groups is 2. The third kappa shape index (κ3) is 82.4. The van der Waals surface area contributed by atoms with Gasteiger partial charge in [0.25, 0.3) is 0 Å². The molecule has 0 aliphatic carbocycles. The van der Waals surface area contributed by atoms with E-state index in [1.54, 1.807) is 0 Å². The molecule has 0 aromatic heterocycles. The number of phosphoric ester groups is 2. The molecule has 0 aromatic carbocycles. The topological polar surface area (TPSA) is 237 Å². The molecule has 648 valence electrons. The van der Waals surface area contributed by atoms with Gasteiger partial charge in [0.1, 0.15) is 19.3 Å². The van der Waals surface area contributed by atoms with Gasteiger partial charge in [-0.15, -0.1) is 0 Å². The first-order valence-corrected chi connectivity index (χ1v) is 49.4. The summed E-state index contributed by atoms with van der Waals surface area (Å²) in [5.74, 6) is 0.269. The minimum Gasteiger partial charge on any atom is -0.462 e. The van der Waals surface area contributed by atoms with Gasteiger partial charge in [0.15, 0.2) is 12.2 Å². The zero-order valence-electron chi connectivity index (χ0n) is 72.0. The van der Waals surface area contributed by atoms with Gasteiger partial charge in [-0.25, -0.2) is 9.13 Å². The fraction of sp³-hybridized carbons (Fsp3) is 0.956. The first kappa shape index (κ1) is 107. The van der Waals surface area contributed by atoms with Gasteiger partial charge in [-0.3, -0.25) is 37.3 Å². The predicted octanol–water partition coefficient (Wildman–Crippen LogP) is 27.6. The van der Waals surface area contributed by atoms with Crippen LogP contribution in [0.25, 0.3) is 0 Å². The van der Waals surface area contributed by atoms with Crippen molar-refractivity contribution in [3.63, 3.8) is 0 Å². The predicted molar refractivity (Wildman–Crippen MR) is 451 cm³/mol. The molecule has 3 unspecified atom stereocenters. The first-order valence-electron chi connectivity index (χ1n) is 46.4. The fourth-order valence-electron chi connectivity index (χ4n) is 14.0. The van der Waals surface area contributed by atoms with E-state index < -0.39 is 97.5 Å². The Labute approximate surface area is 670 Å². The Bertz CT molecular complexity index is 2100.